The molecule has 3 rings (SSSR count). The summed E-state index contributed by atoms with van der Waals surface area (Å²) in [4.78, 5) is 26.9. The van der Waals surface area contributed by atoms with Gasteiger partial charge in [0, 0.05) is 33.0 Å². The van der Waals surface area contributed by atoms with Gasteiger partial charge >= 0.3 is 12.1 Å². The molecule has 0 unspecified atom stereocenters. The van der Waals surface area contributed by atoms with E-state index in [4.69, 9.17) is 24.1 Å². The number of hydrogen-bond acceptors (Lipinski definition) is 6. The lowest BCUT2D eigenvalue weighted by Crippen LogP contribution is -2.54. The summed E-state index contributed by atoms with van der Waals surface area (Å²) in [6.07, 6.45) is 0.271. The Hall–Kier alpha value is -2.40. The number of fused-ring (bicyclic) bond motifs is 1. The van der Waals surface area contributed by atoms with Crippen LogP contribution in [0.15, 0.2) is 24.5 Å². The zero-order valence-electron chi connectivity index (χ0n) is 15.9. The van der Waals surface area contributed by atoms with E-state index < -0.39 is 12.1 Å². The standard InChI is InChI=1S/C16H22N2O4.C2HF3O2/c1-20-10-15(19)18-7-4-14-16(11-18,5-8-21-14)12-22-13-3-2-6-17-9-13;3-2(4,5)1(6)7/h2-3,6,9,14H,4-5,7-8,10-12H2,1H3;(H,6,7)/t14-,16+;/m1./s1. The second-order valence-electron chi connectivity index (χ2n) is 6.79. The van der Waals surface area contributed by atoms with Gasteiger partial charge in [0.2, 0.25) is 5.91 Å². The Morgan fingerprint density at radius 1 is 1.45 bits per heavy atom. The average molecular weight is 420 g/mol. The fraction of sp³-hybridized carbons (Fsp3) is 0.611. The number of nitrogens with zero attached hydrogens (tertiary/aromatic N) is 2. The van der Waals surface area contributed by atoms with Crippen molar-refractivity contribution in [1.29, 1.82) is 0 Å². The third-order valence-electron chi connectivity index (χ3n) is 4.79. The van der Waals surface area contributed by atoms with Crippen molar-refractivity contribution in [2.24, 2.45) is 5.41 Å². The molecule has 1 aromatic rings. The van der Waals surface area contributed by atoms with E-state index in [1.54, 1.807) is 19.5 Å². The monoisotopic (exact) mass is 420 g/mol. The summed E-state index contributed by atoms with van der Waals surface area (Å²) < 4.78 is 48.5. The fourth-order valence-corrected chi connectivity index (χ4v) is 3.34. The van der Waals surface area contributed by atoms with Crippen LogP contribution in [0.4, 0.5) is 13.2 Å². The number of hydrogen-bond donors (Lipinski definition) is 1. The van der Waals surface area contributed by atoms with E-state index >= 15 is 0 Å². The normalized spacial score (nSPS) is 23.6. The van der Waals surface area contributed by atoms with Crippen LogP contribution in [0.5, 0.6) is 5.75 Å². The van der Waals surface area contributed by atoms with Gasteiger partial charge in [-0.2, -0.15) is 13.2 Å². The van der Waals surface area contributed by atoms with Gasteiger partial charge in [-0.05, 0) is 25.0 Å². The fourth-order valence-electron chi connectivity index (χ4n) is 3.34. The van der Waals surface area contributed by atoms with Crippen molar-refractivity contribution in [2.45, 2.75) is 25.1 Å². The number of carbonyl (C=O) groups excluding carboxylic acids is 1. The Balaban J connectivity index is 0.000000370. The van der Waals surface area contributed by atoms with Crippen LogP contribution in [0.3, 0.4) is 0 Å². The number of amides is 1. The van der Waals surface area contributed by atoms with Crippen LogP contribution < -0.4 is 4.74 Å². The zero-order valence-corrected chi connectivity index (χ0v) is 15.9. The summed E-state index contributed by atoms with van der Waals surface area (Å²) in [5.41, 5.74) is -0.127. The van der Waals surface area contributed by atoms with Gasteiger partial charge in [-0.15, -0.1) is 0 Å². The molecule has 0 aromatic carbocycles. The highest BCUT2D eigenvalue weighted by Crippen LogP contribution is 2.41. The molecule has 162 valence electrons. The number of carboxylic acids is 1. The molecule has 2 saturated heterocycles. The molecule has 2 aliphatic rings. The third-order valence-corrected chi connectivity index (χ3v) is 4.79. The molecule has 0 radical (unpaired) electrons. The number of pyridine rings is 1. The highest BCUT2D eigenvalue weighted by atomic mass is 19.4. The second-order valence-corrected chi connectivity index (χ2v) is 6.79. The van der Waals surface area contributed by atoms with Gasteiger partial charge in [0.15, 0.2) is 0 Å². The number of methoxy groups -OCH3 is 1. The number of carboxylic acid groups (broad SMARTS) is 1. The van der Waals surface area contributed by atoms with Crippen LogP contribution in [0.2, 0.25) is 0 Å². The van der Waals surface area contributed by atoms with Gasteiger partial charge in [-0.3, -0.25) is 9.78 Å². The Bertz CT molecular complexity index is 688. The maximum Gasteiger partial charge on any atom is 0.490 e. The summed E-state index contributed by atoms with van der Waals surface area (Å²) in [7, 11) is 1.55. The number of halogens is 3. The highest BCUT2D eigenvalue weighted by molar-refractivity contribution is 5.77. The maximum absolute atomic E-state index is 12.1. The number of rotatable bonds is 5. The first kappa shape index (κ1) is 22.9. The SMILES string of the molecule is COCC(=O)N1CC[C@H]2OCC[C@@]2(COc2cccnc2)C1.O=C(O)C(F)(F)F. The van der Waals surface area contributed by atoms with Gasteiger partial charge in [-0.1, -0.05) is 0 Å². The van der Waals surface area contributed by atoms with Crippen molar-refractivity contribution in [3.63, 3.8) is 0 Å². The molecule has 2 atom stereocenters. The number of piperidine rings is 1. The molecular weight excluding hydrogens is 397 g/mol. The van der Waals surface area contributed by atoms with Gasteiger partial charge < -0.3 is 24.2 Å². The van der Waals surface area contributed by atoms with Crippen molar-refractivity contribution in [2.75, 3.05) is 40.0 Å². The minimum absolute atomic E-state index is 0.0357. The molecule has 0 aliphatic carbocycles. The van der Waals surface area contributed by atoms with Gasteiger partial charge in [-0.25, -0.2) is 4.79 Å². The van der Waals surface area contributed by atoms with E-state index in [1.807, 2.05) is 17.0 Å². The lowest BCUT2D eigenvalue weighted by Gasteiger charge is -2.43. The van der Waals surface area contributed by atoms with Gasteiger partial charge in [0.1, 0.15) is 12.4 Å². The Kier molecular flexibility index (Phi) is 7.80. The molecule has 1 N–H and O–H groups in total. The van der Waals surface area contributed by atoms with Crippen molar-refractivity contribution < 1.29 is 42.1 Å². The summed E-state index contributed by atoms with van der Waals surface area (Å²) in [5.74, 6) is -1.97. The van der Waals surface area contributed by atoms with E-state index in [-0.39, 0.29) is 24.0 Å². The van der Waals surface area contributed by atoms with E-state index in [2.05, 4.69) is 4.98 Å². The van der Waals surface area contributed by atoms with Crippen molar-refractivity contribution in [3.05, 3.63) is 24.5 Å². The second kappa shape index (κ2) is 9.88. The van der Waals surface area contributed by atoms with E-state index in [0.717, 1.165) is 31.7 Å². The maximum atomic E-state index is 12.1. The van der Waals surface area contributed by atoms with Crippen LogP contribution in [0.25, 0.3) is 0 Å². The van der Waals surface area contributed by atoms with Crippen LogP contribution in [-0.4, -0.2) is 79.2 Å². The summed E-state index contributed by atoms with van der Waals surface area (Å²) in [6, 6.07) is 3.75. The van der Waals surface area contributed by atoms with Crippen molar-refractivity contribution in [3.8, 4) is 5.75 Å². The van der Waals surface area contributed by atoms with Crippen LogP contribution in [-0.2, 0) is 19.1 Å². The van der Waals surface area contributed by atoms with E-state index in [0.29, 0.717) is 13.2 Å². The molecular formula is C18H23F3N2O6. The average Bonchev–Trinajstić information content (AvgIpc) is 3.10. The number of aromatic nitrogens is 1. The van der Waals surface area contributed by atoms with Crippen molar-refractivity contribution in [1.82, 2.24) is 9.88 Å². The number of aliphatic carboxylic acids is 1. The largest absolute Gasteiger partial charge is 0.491 e. The zero-order chi connectivity index (χ0) is 21.5. The first-order valence-corrected chi connectivity index (χ1v) is 8.89. The minimum Gasteiger partial charge on any atom is -0.491 e. The smallest absolute Gasteiger partial charge is 0.490 e. The molecule has 0 spiro atoms. The Morgan fingerprint density at radius 2 is 2.17 bits per heavy atom. The molecule has 11 heteroatoms. The molecule has 2 fully saturated rings. The van der Waals surface area contributed by atoms with Crippen LogP contribution in [0.1, 0.15) is 12.8 Å². The molecule has 1 amide bonds. The van der Waals surface area contributed by atoms with E-state index in [1.165, 1.54) is 0 Å². The van der Waals surface area contributed by atoms with Gasteiger partial charge in [0.25, 0.3) is 0 Å². The molecule has 1 aromatic heterocycles. The predicted molar refractivity (Wildman–Crippen MR) is 93.3 cm³/mol. The lowest BCUT2D eigenvalue weighted by molar-refractivity contribution is -0.192. The quantitative estimate of drug-likeness (QED) is 0.775. The molecule has 0 bridgehead atoms. The minimum atomic E-state index is -5.08. The molecule has 0 saturated carbocycles. The van der Waals surface area contributed by atoms with Crippen LogP contribution in [0, 0.1) is 5.41 Å². The summed E-state index contributed by atoms with van der Waals surface area (Å²) in [6.45, 7) is 2.79. The Labute approximate surface area is 165 Å². The number of likely N-dealkylation sites (tertiary alicyclic amines) is 1. The van der Waals surface area contributed by atoms with Gasteiger partial charge in [0.05, 0.1) is 24.3 Å². The first-order valence-electron chi connectivity index (χ1n) is 8.89. The summed E-state index contributed by atoms with van der Waals surface area (Å²) >= 11 is 0. The van der Waals surface area contributed by atoms with E-state index in [9.17, 15) is 18.0 Å². The van der Waals surface area contributed by atoms with Crippen LogP contribution >= 0.6 is 0 Å². The number of alkyl halides is 3. The molecule has 2 aliphatic heterocycles. The lowest BCUT2D eigenvalue weighted by atomic mass is 9.77. The number of carbonyl (C=O) groups is 2. The topological polar surface area (TPSA) is 98.2 Å². The predicted octanol–water partition coefficient (Wildman–Crippen LogP) is 1.75. The first-order chi connectivity index (χ1) is 13.7. The Morgan fingerprint density at radius 3 is 2.76 bits per heavy atom. The molecule has 8 nitrogen and oxygen atoms in total. The highest BCUT2D eigenvalue weighted by Gasteiger charge is 2.49. The molecule has 3 heterocycles. The molecule has 29 heavy (non-hydrogen) atoms. The third kappa shape index (κ3) is 6.29. The summed E-state index contributed by atoms with van der Waals surface area (Å²) in [5, 5.41) is 7.12. The van der Waals surface area contributed by atoms with Crippen molar-refractivity contribution >= 4 is 11.9 Å². The number of ether oxygens (including phenoxy) is 3.